The van der Waals surface area contributed by atoms with E-state index < -0.39 is 0 Å². The van der Waals surface area contributed by atoms with Crippen LogP contribution < -0.4 is 10.6 Å². The van der Waals surface area contributed by atoms with E-state index >= 15 is 0 Å². The molecule has 0 amide bonds. The second-order valence-electron chi connectivity index (χ2n) is 4.95. The van der Waals surface area contributed by atoms with E-state index in [1.165, 1.54) is 21.0 Å². The van der Waals surface area contributed by atoms with Crippen LogP contribution in [0.3, 0.4) is 0 Å². The van der Waals surface area contributed by atoms with Crippen LogP contribution in [-0.4, -0.2) is 18.1 Å². The van der Waals surface area contributed by atoms with Gasteiger partial charge in [-0.25, -0.2) is 4.98 Å². The summed E-state index contributed by atoms with van der Waals surface area (Å²) >= 11 is 1.77. The zero-order valence-corrected chi connectivity index (χ0v) is 12.0. The summed E-state index contributed by atoms with van der Waals surface area (Å²) < 4.78 is 0. The maximum atomic E-state index is 4.38. The molecule has 2 N–H and O–H groups in total. The van der Waals surface area contributed by atoms with Gasteiger partial charge in [0.25, 0.3) is 0 Å². The molecule has 19 heavy (non-hydrogen) atoms. The number of hydrogen-bond acceptors (Lipinski definition) is 4. The molecule has 2 aromatic rings. The minimum Gasteiger partial charge on any atom is -0.309 e. The Hall–Kier alpha value is -1.23. The number of aryl methyl sites for hydroxylation is 1. The zero-order chi connectivity index (χ0) is 13.1. The van der Waals surface area contributed by atoms with Gasteiger partial charge < -0.3 is 10.6 Å². The lowest BCUT2D eigenvalue weighted by molar-refractivity contribution is 0.468. The van der Waals surface area contributed by atoms with Crippen LogP contribution in [0.5, 0.6) is 0 Å². The predicted molar refractivity (Wildman–Crippen MR) is 79.4 cm³/mol. The summed E-state index contributed by atoms with van der Waals surface area (Å²) in [6, 6.07) is 9.16. The van der Waals surface area contributed by atoms with Crippen LogP contribution in [0.15, 0.2) is 30.5 Å². The summed E-state index contributed by atoms with van der Waals surface area (Å²) in [7, 11) is 0. The lowest BCUT2D eigenvalue weighted by atomic mass is 9.94. The lowest BCUT2D eigenvalue weighted by Crippen LogP contribution is -2.36. The fourth-order valence-corrected chi connectivity index (χ4v) is 3.34. The van der Waals surface area contributed by atoms with Crippen LogP contribution in [0.25, 0.3) is 0 Å². The molecule has 0 saturated carbocycles. The van der Waals surface area contributed by atoms with Crippen molar-refractivity contribution in [2.45, 2.75) is 25.9 Å². The maximum absolute atomic E-state index is 4.38. The molecule has 4 heteroatoms. The number of benzene rings is 1. The first-order valence-corrected chi connectivity index (χ1v) is 7.58. The molecule has 0 saturated heterocycles. The van der Waals surface area contributed by atoms with Gasteiger partial charge in [0.2, 0.25) is 0 Å². The van der Waals surface area contributed by atoms with Crippen molar-refractivity contribution in [3.63, 3.8) is 0 Å². The lowest BCUT2D eigenvalue weighted by Gasteiger charge is -2.27. The smallest absolute Gasteiger partial charge is 0.107 e. The van der Waals surface area contributed by atoms with E-state index in [2.05, 4.69) is 46.8 Å². The van der Waals surface area contributed by atoms with Crippen LogP contribution in [0.1, 0.15) is 27.1 Å². The number of rotatable bonds is 4. The molecule has 0 bridgehead atoms. The van der Waals surface area contributed by atoms with E-state index in [0.29, 0.717) is 6.04 Å². The molecule has 1 aromatic heterocycles. The number of fused-ring (bicyclic) bond motifs is 1. The minimum absolute atomic E-state index is 0.422. The van der Waals surface area contributed by atoms with Crippen molar-refractivity contribution >= 4 is 11.3 Å². The molecule has 2 heterocycles. The Morgan fingerprint density at radius 1 is 1.42 bits per heavy atom. The van der Waals surface area contributed by atoms with Gasteiger partial charge in [-0.1, -0.05) is 24.3 Å². The summed E-state index contributed by atoms with van der Waals surface area (Å²) in [4.78, 5) is 5.65. The predicted octanol–water partition coefficient (Wildman–Crippen LogP) is 2.43. The Morgan fingerprint density at radius 2 is 2.32 bits per heavy atom. The number of aromatic nitrogens is 1. The molecule has 3 nitrogen and oxygen atoms in total. The monoisotopic (exact) mass is 273 g/mol. The number of hydrogen-bond donors (Lipinski definition) is 2. The standard InChI is InChI=1S/C15H19N3S/c1-11-8-18-15(19-11)10-16-9-14-13-5-3-2-4-12(13)6-7-17-14/h2-5,8,14,16-17H,6-7,9-10H2,1H3. The molecule has 1 aliphatic rings. The van der Waals surface area contributed by atoms with Crippen LogP contribution in [-0.2, 0) is 13.0 Å². The van der Waals surface area contributed by atoms with Gasteiger partial charge in [0, 0.05) is 30.2 Å². The molecular formula is C15H19N3S. The van der Waals surface area contributed by atoms with Gasteiger partial charge in [-0.3, -0.25) is 0 Å². The quantitative estimate of drug-likeness (QED) is 0.898. The molecule has 100 valence electrons. The van der Waals surface area contributed by atoms with Gasteiger partial charge in [0.05, 0.1) is 0 Å². The van der Waals surface area contributed by atoms with E-state index in [1.807, 2.05) is 6.20 Å². The van der Waals surface area contributed by atoms with E-state index in [1.54, 1.807) is 11.3 Å². The Kier molecular flexibility index (Phi) is 3.92. The molecule has 1 aliphatic heterocycles. The number of nitrogens with one attached hydrogen (secondary N) is 2. The van der Waals surface area contributed by atoms with Crippen molar-refractivity contribution in [2.75, 3.05) is 13.1 Å². The summed E-state index contributed by atoms with van der Waals surface area (Å²) in [5, 5.41) is 8.27. The third-order valence-electron chi connectivity index (χ3n) is 3.51. The third-order valence-corrected chi connectivity index (χ3v) is 4.42. The van der Waals surface area contributed by atoms with Crippen LogP contribution >= 0.6 is 11.3 Å². The largest absolute Gasteiger partial charge is 0.309 e. The first-order valence-electron chi connectivity index (χ1n) is 6.76. The fraction of sp³-hybridized carbons (Fsp3) is 0.400. The third kappa shape index (κ3) is 3.03. The van der Waals surface area contributed by atoms with Gasteiger partial charge in [0.1, 0.15) is 5.01 Å². The second kappa shape index (κ2) is 5.82. The highest BCUT2D eigenvalue weighted by Crippen LogP contribution is 2.22. The van der Waals surface area contributed by atoms with E-state index in [-0.39, 0.29) is 0 Å². The van der Waals surface area contributed by atoms with Crippen molar-refractivity contribution in [1.82, 2.24) is 15.6 Å². The van der Waals surface area contributed by atoms with Crippen molar-refractivity contribution in [3.8, 4) is 0 Å². The Balaban J connectivity index is 1.59. The molecule has 1 atom stereocenters. The molecule has 1 unspecified atom stereocenters. The topological polar surface area (TPSA) is 37.0 Å². The summed E-state index contributed by atoms with van der Waals surface area (Å²) in [5.74, 6) is 0. The molecule has 0 fully saturated rings. The van der Waals surface area contributed by atoms with E-state index in [0.717, 1.165) is 26.1 Å². The Morgan fingerprint density at radius 3 is 3.16 bits per heavy atom. The van der Waals surface area contributed by atoms with Crippen LogP contribution in [0.4, 0.5) is 0 Å². The average molecular weight is 273 g/mol. The highest BCUT2D eigenvalue weighted by molar-refractivity contribution is 7.11. The molecule has 3 rings (SSSR count). The van der Waals surface area contributed by atoms with Gasteiger partial charge >= 0.3 is 0 Å². The van der Waals surface area contributed by atoms with E-state index in [4.69, 9.17) is 0 Å². The Bertz CT molecular complexity index is 550. The van der Waals surface area contributed by atoms with Crippen molar-refractivity contribution < 1.29 is 0 Å². The number of nitrogens with zero attached hydrogens (tertiary/aromatic N) is 1. The fourth-order valence-electron chi connectivity index (χ4n) is 2.58. The highest BCUT2D eigenvalue weighted by Gasteiger charge is 2.18. The van der Waals surface area contributed by atoms with Gasteiger partial charge in [-0.05, 0) is 31.0 Å². The average Bonchev–Trinajstić information content (AvgIpc) is 2.85. The summed E-state index contributed by atoms with van der Waals surface area (Å²) in [6.45, 7) is 4.98. The highest BCUT2D eigenvalue weighted by atomic mass is 32.1. The molecule has 0 spiro atoms. The van der Waals surface area contributed by atoms with E-state index in [9.17, 15) is 0 Å². The Labute approximate surface area is 118 Å². The SMILES string of the molecule is Cc1cnc(CNCC2NCCc3ccccc32)s1. The molecule has 0 aliphatic carbocycles. The van der Waals surface area contributed by atoms with Gasteiger partial charge in [-0.2, -0.15) is 0 Å². The summed E-state index contributed by atoms with van der Waals surface area (Å²) in [6.07, 6.45) is 3.08. The first-order chi connectivity index (χ1) is 9.33. The maximum Gasteiger partial charge on any atom is 0.107 e. The zero-order valence-electron chi connectivity index (χ0n) is 11.1. The van der Waals surface area contributed by atoms with Crippen LogP contribution in [0.2, 0.25) is 0 Å². The normalized spacial score (nSPS) is 18.3. The van der Waals surface area contributed by atoms with Crippen molar-refractivity contribution in [1.29, 1.82) is 0 Å². The van der Waals surface area contributed by atoms with Gasteiger partial charge in [0.15, 0.2) is 0 Å². The molecule has 0 radical (unpaired) electrons. The first kappa shape index (κ1) is 12.8. The van der Waals surface area contributed by atoms with Crippen LogP contribution in [0, 0.1) is 6.92 Å². The molecular weight excluding hydrogens is 254 g/mol. The summed E-state index contributed by atoms with van der Waals surface area (Å²) in [5.41, 5.74) is 2.93. The minimum atomic E-state index is 0.422. The van der Waals surface area contributed by atoms with Crippen molar-refractivity contribution in [2.24, 2.45) is 0 Å². The van der Waals surface area contributed by atoms with Gasteiger partial charge in [-0.15, -0.1) is 11.3 Å². The van der Waals surface area contributed by atoms with Crippen molar-refractivity contribution in [3.05, 3.63) is 51.5 Å². The second-order valence-corrected chi connectivity index (χ2v) is 6.27. The molecule has 1 aromatic carbocycles. The number of thiazole rings is 1.